The van der Waals surface area contributed by atoms with E-state index in [1.807, 2.05) is 6.92 Å². The Hall–Kier alpha value is -0.610. The number of ether oxygens (including phenoxy) is 1. The highest BCUT2D eigenvalue weighted by atomic mass is 16.5. The monoisotopic (exact) mass is 254 g/mol. The van der Waals surface area contributed by atoms with Crippen molar-refractivity contribution in [1.29, 1.82) is 0 Å². The molecule has 0 bridgehead atoms. The van der Waals surface area contributed by atoms with E-state index in [4.69, 9.17) is 4.74 Å². The van der Waals surface area contributed by atoms with Gasteiger partial charge in [0.1, 0.15) is 6.04 Å². The molecule has 1 unspecified atom stereocenters. The summed E-state index contributed by atoms with van der Waals surface area (Å²) in [7, 11) is 2.14. The van der Waals surface area contributed by atoms with Gasteiger partial charge in [-0.3, -0.25) is 4.79 Å². The van der Waals surface area contributed by atoms with Crippen LogP contribution in [-0.2, 0) is 9.53 Å². The van der Waals surface area contributed by atoms with Crippen molar-refractivity contribution in [2.75, 3.05) is 20.2 Å². The summed E-state index contributed by atoms with van der Waals surface area (Å²) in [6.07, 6.45) is 7.60. The van der Waals surface area contributed by atoms with E-state index >= 15 is 0 Å². The number of nitrogens with one attached hydrogen (secondary N) is 1. The van der Waals surface area contributed by atoms with E-state index in [9.17, 15) is 4.79 Å². The molecule has 2 aliphatic carbocycles. The molecule has 2 rings (SSSR count). The lowest BCUT2D eigenvalue weighted by Crippen LogP contribution is -2.48. The second-order valence-corrected chi connectivity index (χ2v) is 5.62. The first-order valence-electron chi connectivity index (χ1n) is 7.33. The summed E-state index contributed by atoms with van der Waals surface area (Å²) < 4.78 is 5.17. The topological polar surface area (TPSA) is 41.6 Å². The van der Waals surface area contributed by atoms with Gasteiger partial charge in [0, 0.05) is 18.6 Å². The van der Waals surface area contributed by atoms with Crippen LogP contribution in [0.4, 0.5) is 0 Å². The van der Waals surface area contributed by atoms with Crippen molar-refractivity contribution in [2.45, 2.75) is 63.6 Å². The second kappa shape index (κ2) is 6.53. The molecule has 4 nitrogen and oxygen atoms in total. The summed E-state index contributed by atoms with van der Waals surface area (Å²) in [6.45, 7) is 3.11. The third-order valence-electron chi connectivity index (χ3n) is 4.00. The number of likely N-dealkylation sites (N-methyl/N-ethyl adjacent to an activating group) is 1. The SMILES string of the molecule is CCOC(=O)C(CN(C)C1CCCC1)NC1CC1. The predicted molar refractivity (Wildman–Crippen MR) is 71.5 cm³/mol. The molecule has 104 valence electrons. The number of carbonyl (C=O) groups is 1. The van der Waals surface area contributed by atoms with Crippen molar-refractivity contribution in [3.05, 3.63) is 0 Å². The molecule has 0 aromatic heterocycles. The fourth-order valence-electron chi connectivity index (χ4n) is 2.75. The van der Waals surface area contributed by atoms with Crippen LogP contribution < -0.4 is 5.32 Å². The molecule has 2 saturated carbocycles. The van der Waals surface area contributed by atoms with E-state index in [2.05, 4.69) is 17.3 Å². The van der Waals surface area contributed by atoms with Crippen LogP contribution in [0.15, 0.2) is 0 Å². The summed E-state index contributed by atoms with van der Waals surface area (Å²) in [5.74, 6) is -0.0887. The van der Waals surface area contributed by atoms with Gasteiger partial charge in [-0.2, -0.15) is 0 Å². The maximum absolute atomic E-state index is 11.9. The molecule has 0 spiro atoms. The highest BCUT2D eigenvalue weighted by Crippen LogP contribution is 2.23. The molecule has 2 fully saturated rings. The first-order chi connectivity index (χ1) is 8.70. The van der Waals surface area contributed by atoms with Crippen molar-refractivity contribution in [1.82, 2.24) is 10.2 Å². The van der Waals surface area contributed by atoms with Crippen molar-refractivity contribution in [2.24, 2.45) is 0 Å². The molecule has 0 heterocycles. The van der Waals surface area contributed by atoms with Crippen LogP contribution >= 0.6 is 0 Å². The molecule has 0 aliphatic heterocycles. The number of nitrogens with zero attached hydrogens (tertiary/aromatic N) is 1. The van der Waals surface area contributed by atoms with E-state index in [0.29, 0.717) is 18.7 Å². The molecule has 18 heavy (non-hydrogen) atoms. The lowest BCUT2D eigenvalue weighted by atomic mass is 10.2. The minimum atomic E-state index is -0.150. The molecule has 0 aromatic carbocycles. The van der Waals surface area contributed by atoms with Gasteiger partial charge in [0.25, 0.3) is 0 Å². The van der Waals surface area contributed by atoms with Crippen molar-refractivity contribution < 1.29 is 9.53 Å². The van der Waals surface area contributed by atoms with E-state index in [1.54, 1.807) is 0 Å². The van der Waals surface area contributed by atoms with E-state index in [0.717, 1.165) is 6.54 Å². The Balaban J connectivity index is 1.84. The molecule has 2 aliphatic rings. The molecule has 4 heteroatoms. The first-order valence-corrected chi connectivity index (χ1v) is 7.33. The van der Waals surface area contributed by atoms with Gasteiger partial charge in [0.05, 0.1) is 6.61 Å². The zero-order valence-electron chi connectivity index (χ0n) is 11.7. The lowest BCUT2D eigenvalue weighted by molar-refractivity contribution is -0.146. The largest absolute Gasteiger partial charge is 0.465 e. The van der Waals surface area contributed by atoms with Gasteiger partial charge in [-0.15, -0.1) is 0 Å². The van der Waals surface area contributed by atoms with Crippen LogP contribution in [0.2, 0.25) is 0 Å². The molecule has 0 saturated heterocycles. The van der Waals surface area contributed by atoms with Crippen molar-refractivity contribution in [3.63, 3.8) is 0 Å². The van der Waals surface area contributed by atoms with Crippen LogP contribution in [0.1, 0.15) is 45.4 Å². The molecule has 1 N–H and O–H groups in total. The van der Waals surface area contributed by atoms with Gasteiger partial charge in [0.15, 0.2) is 0 Å². The normalized spacial score (nSPS) is 22.4. The Morgan fingerprint density at radius 3 is 2.56 bits per heavy atom. The molecule has 1 atom stereocenters. The molecule has 0 aromatic rings. The average Bonchev–Trinajstić information content (AvgIpc) is 2.99. The zero-order valence-corrected chi connectivity index (χ0v) is 11.7. The van der Waals surface area contributed by atoms with Crippen LogP contribution in [0.3, 0.4) is 0 Å². The van der Waals surface area contributed by atoms with Gasteiger partial charge in [-0.25, -0.2) is 0 Å². The number of hydrogen-bond acceptors (Lipinski definition) is 4. The summed E-state index contributed by atoms with van der Waals surface area (Å²) in [5.41, 5.74) is 0. The Kier molecular flexibility index (Phi) is 5.01. The maximum Gasteiger partial charge on any atom is 0.324 e. The minimum absolute atomic E-state index is 0.0887. The van der Waals surface area contributed by atoms with Gasteiger partial charge < -0.3 is 15.0 Å². The highest BCUT2D eigenvalue weighted by Gasteiger charge is 2.31. The number of carbonyl (C=O) groups excluding carboxylic acids is 1. The van der Waals surface area contributed by atoms with Crippen LogP contribution in [0.5, 0.6) is 0 Å². The smallest absolute Gasteiger partial charge is 0.324 e. The van der Waals surface area contributed by atoms with Gasteiger partial charge >= 0.3 is 5.97 Å². The number of rotatable bonds is 7. The highest BCUT2D eigenvalue weighted by molar-refractivity contribution is 5.76. The summed E-state index contributed by atoms with van der Waals surface area (Å²) in [4.78, 5) is 14.3. The fraction of sp³-hybridized carbons (Fsp3) is 0.929. The third kappa shape index (κ3) is 3.95. The number of esters is 1. The second-order valence-electron chi connectivity index (χ2n) is 5.62. The van der Waals surface area contributed by atoms with E-state index in [-0.39, 0.29) is 12.0 Å². The quantitative estimate of drug-likeness (QED) is 0.700. The Labute approximate surface area is 110 Å². The van der Waals surface area contributed by atoms with Gasteiger partial charge in [0.2, 0.25) is 0 Å². The minimum Gasteiger partial charge on any atom is -0.465 e. The average molecular weight is 254 g/mol. The Bertz CT molecular complexity index is 273. The lowest BCUT2D eigenvalue weighted by Gasteiger charge is -2.28. The standard InChI is InChI=1S/C14H26N2O2/c1-3-18-14(17)13(15-11-8-9-11)10-16(2)12-6-4-5-7-12/h11-13,15H,3-10H2,1-2H3. The molecular formula is C14H26N2O2. The Morgan fingerprint density at radius 2 is 2.00 bits per heavy atom. The number of hydrogen-bond donors (Lipinski definition) is 1. The van der Waals surface area contributed by atoms with Gasteiger partial charge in [-0.05, 0) is 39.7 Å². The summed E-state index contributed by atoms with van der Waals surface area (Å²) >= 11 is 0. The first kappa shape index (κ1) is 13.8. The maximum atomic E-state index is 11.9. The van der Waals surface area contributed by atoms with Crippen LogP contribution in [0.25, 0.3) is 0 Å². The van der Waals surface area contributed by atoms with Gasteiger partial charge in [-0.1, -0.05) is 12.8 Å². The zero-order chi connectivity index (χ0) is 13.0. The summed E-state index contributed by atoms with van der Waals surface area (Å²) in [6, 6.07) is 1.04. The Morgan fingerprint density at radius 1 is 1.33 bits per heavy atom. The molecule has 0 radical (unpaired) electrons. The van der Waals surface area contributed by atoms with Crippen LogP contribution in [-0.4, -0.2) is 49.2 Å². The third-order valence-corrected chi connectivity index (χ3v) is 4.00. The van der Waals surface area contributed by atoms with Crippen molar-refractivity contribution in [3.8, 4) is 0 Å². The molecule has 0 amide bonds. The molecular weight excluding hydrogens is 228 g/mol. The van der Waals surface area contributed by atoms with E-state index < -0.39 is 0 Å². The fourth-order valence-corrected chi connectivity index (χ4v) is 2.75. The predicted octanol–water partition coefficient (Wildman–Crippen LogP) is 1.54. The van der Waals surface area contributed by atoms with E-state index in [1.165, 1.54) is 38.5 Å². The van der Waals surface area contributed by atoms with Crippen molar-refractivity contribution >= 4 is 5.97 Å². The van der Waals surface area contributed by atoms with Crippen LogP contribution in [0, 0.1) is 0 Å². The summed E-state index contributed by atoms with van der Waals surface area (Å²) in [5, 5.41) is 3.41.